The summed E-state index contributed by atoms with van der Waals surface area (Å²) < 4.78 is 12.3. The highest BCUT2D eigenvalue weighted by Gasteiger charge is 2.25. The minimum atomic E-state index is -0.366. The van der Waals surface area contributed by atoms with E-state index in [-0.39, 0.29) is 11.7 Å². The number of oxazole rings is 1. The van der Waals surface area contributed by atoms with Gasteiger partial charge in [-0.15, -0.1) is 0 Å². The maximum Gasteiger partial charge on any atom is 0.419 e. The van der Waals surface area contributed by atoms with E-state index in [9.17, 15) is 9.59 Å². The van der Waals surface area contributed by atoms with Gasteiger partial charge >= 0.3 is 5.76 Å². The molecule has 0 unspecified atom stereocenters. The van der Waals surface area contributed by atoms with E-state index < -0.39 is 0 Å². The fourth-order valence-electron chi connectivity index (χ4n) is 4.80. The Balaban J connectivity index is 1.17. The predicted molar refractivity (Wildman–Crippen MR) is 123 cm³/mol. The van der Waals surface area contributed by atoms with E-state index in [0.717, 1.165) is 42.7 Å². The van der Waals surface area contributed by atoms with Crippen LogP contribution in [0.1, 0.15) is 37.2 Å². The number of methoxy groups -OCH3 is 1. The van der Waals surface area contributed by atoms with Crippen LogP contribution in [0.5, 0.6) is 5.75 Å². The number of H-pyrrole nitrogens is 1. The Morgan fingerprint density at radius 1 is 1.19 bits per heavy atom. The average Bonchev–Trinajstić information content (AvgIpc) is 3.39. The first-order valence-corrected chi connectivity index (χ1v) is 11.1. The Kier molecular flexibility index (Phi) is 5.47. The first-order valence-electron chi connectivity index (χ1n) is 11.1. The van der Waals surface area contributed by atoms with Crippen LogP contribution >= 0.6 is 0 Å². The summed E-state index contributed by atoms with van der Waals surface area (Å²) >= 11 is 0. The maximum absolute atomic E-state index is 12.8. The molecule has 1 aliphatic heterocycles. The third-order valence-corrected chi connectivity index (χ3v) is 6.55. The van der Waals surface area contributed by atoms with Crippen LogP contribution in [0.25, 0.3) is 22.0 Å². The Hall–Kier alpha value is -3.48. The van der Waals surface area contributed by atoms with Crippen LogP contribution in [0.3, 0.4) is 0 Å². The predicted octanol–water partition coefficient (Wildman–Crippen LogP) is 4.27. The summed E-state index contributed by atoms with van der Waals surface area (Å²) in [6.45, 7) is 2.00. The normalized spacial score (nSPS) is 15.0. The van der Waals surface area contributed by atoms with Crippen molar-refractivity contribution in [3.05, 3.63) is 64.8 Å². The maximum atomic E-state index is 12.8. The minimum absolute atomic E-state index is 0.157. The number of aromatic nitrogens is 2. The summed E-state index contributed by atoms with van der Waals surface area (Å²) in [5.74, 6) is 1.07. The van der Waals surface area contributed by atoms with Crippen molar-refractivity contribution >= 4 is 27.9 Å². The first-order chi connectivity index (χ1) is 15.6. The Bertz CT molecular complexity index is 1310. The highest BCUT2D eigenvalue weighted by molar-refractivity contribution is 5.85. The molecule has 0 atom stereocenters. The molecule has 166 valence electrons. The van der Waals surface area contributed by atoms with E-state index in [0.29, 0.717) is 30.9 Å². The molecule has 7 nitrogen and oxygen atoms in total. The molecule has 0 spiro atoms. The molecule has 4 aromatic rings. The smallest absolute Gasteiger partial charge is 0.419 e. The lowest BCUT2D eigenvalue weighted by Gasteiger charge is -2.32. The van der Waals surface area contributed by atoms with Crippen molar-refractivity contribution in [3.63, 3.8) is 0 Å². The van der Waals surface area contributed by atoms with E-state index in [4.69, 9.17) is 9.15 Å². The largest absolute Gasteiger partial charge is 0.497 e. The molecule has 2 aromatic carbocycles. The van der Waals surface area contributed by atoms with Gasteiger partial charge in [0.25, 0.3) is 0 Å². The van der Waals surface area contributed by atoms with Crippen molar-refractivity contribution in [2.75, 3.05) is 20.2 Å². The number of hydrogen-bond donors (Lipinski definition) is 1. The zero-order valence-corrected chi connectivity index (χ0v) is 18.2. The van der Waals surface area contributed by atoms with Crippen LogP contribution in [0.2, 0.25) is 0 Å². The summed E-state index contributed by atoms with van der Waals surface area (Å²) in [7, 11) is 1.68. The second kappa shape index (κ2) is 8.57. The fourth-order valence-corrected chi connectivity index (χ4v) is 4.80. The molecule has 0 aliphatic carbocycles. The molecular weight excluding hydrogens is 406 g/mol. The van der Waals surface area contributed by atoms with E-state index in [1.165, 1.54) is 10.9 Å². The standard InChI is InChI=1S/C25H27N3O4/c1-31-18-8-9-21-19(15-18)20(16-26-21)17-10-13-27(14-11-17)24(29)7-4-12-28-22-5-2-3-6-23(22)32-25(28)30/h2-3,5-6,8-9,15-17,26H,4,7,10-14H2,1H3. The summed E-state index contributed by atoms with van der Waals surface area (Å²) in [5.41, 5.74) is 3.78. The van der Waals surface area contributed by atoms with Crippen molar-refractivity contribution in [1.29, 1.82) is 0 Å². The number of nitrogens with zero attached hydrogens (tertiary/aromatic N) is 2. The van der Waals surface area contributed by atoms with Crippen LogP contribution in [0, 0.1) is 0 Å². The molecule has 1 aliphatic rings. The van der Waals surface area contributed by atoms with Gasteiger partial charge in [-0.3, -0.25) is 9.36 Å². The third kappa shape index (κ3) is 3.79. The van der Waals surface area contributed by atoms with Crippen LogP contribution in [0.15, 0.2) is 57.9 Å². The molecule has 1 amide bonds. The number of carbonyl (C=O) groups excluding carboxylic acids is 1. The van der Waals surface area contributed by atoms with Gasteiger partial charge in [-0.1, -0.05) is 12.1 Å². The molecule has 2 aromatic heterocycles. The van der Waals surface area contributed by atoms with Crippen LogP contribution in [0.4, 0.5) is 0 Å². The van der Waals surface area contributed by atoms with Gasteiger partial charge in [-0.2, -0.15) is 0 Å². The number of amides is 1. The molecule has 5 rings (SSSR count). The molecule has 1 N–H and O–H groups in total. The van der Waals surface area contributed by atoms with Gasteiger partial charge in [0, 0.05) is 43.2 Å². The number of nitrogens with one attached hydrogen (secondary N) is 1. The number of fused-ring (bicyclic) bond motifs is 2. The van der Waals surface area contributed by atoms with Gasteiger partial charge < -0.3 is 19.0 Å². The summed E-state index contributed by atoms with van der Waals surface area (Å²) in [6.07, 6.45) is 5.04. The Morgan fingerprint density at radius 2 is 2.00 bits per heavy atom. The fraction of sp³-hybridized carbons (Fsp3) is 0.360. The van der Waals surface area contributed by atoms with Gasteiger partial charge in [-0.05, 0) is 61.1 Å². The number of piperidine rings is 1. The summed E-state index contributed by atoms with van der Waals surface area (Å²) in [6, 6.07) is 13.5. The van der Waals surface area contributed by atoms with E-state index >= 15 is 0 Å². The first kappa shape index (κ1) is 20.4. The molecule has 1 fully saturated rings. The Morgan fingerprint density at radius 3 is 2.81 bits per heavy atom. The molecule has 0 saturated carbocycles. The molecule has 7 heteroatoms. The monoisotopic (exact) mass is 433 g/mol. The van der Waals surface area contributed by atoms with E-state index in [1.807, 2.05) is 35.2 Å². The number of hydrogen-bond acceptors (Lipinski definition) is 4. The lowest BCUT2D eigenvalue weighted by atomic mass is 9.89. The van der Waals surface area contributed by atoms with Gasteiger partial charge in [-0.25, -0.2) is 4.79 Å². The summed E-state index contributed by atoms with van der Waals surface area (Å²) in [5, 5.41) is 1.20. The molecular formula is C25H27N3O4. The molecule has 1 saturated heterocycles. The number of ether oxygens (including phenoxy) is 1. The van der Waals surface area contributed by atoms with Crippen molar-refractivity contribution in [3.8, 4) is 5.75 Å². The average molecular weight is 434 g/mol. The number of para-hydroxylation sites is 2. The van der Waals surface area contributed by atoms with Crippen LogP contribution < -0.4 is 10.5 Å². The van der Waals surface area contributed by atoms with Crippen molar-refractivity contribution in [1.82, 2.24) is 14.5 Å². The number of likely N-dealkylation sites (tertiary alicyclic amines) is 1. The molecule has 32 heavy (non-hydrogen) atoms. The highest BCUT2D eigenvalue weighted by Crippen LogP contribution is 2.34. The van der Waals surface area contributed by atoms with Crippen molar-refractivity contribution in [2.45, 2.75) is 38.1 Å². The van der Waals surface area contributed by atoms with Gasteiger partial charge in [0.2, 0.25) is 5.91 Å². The summed E-state index contributed by atoms with van der Waals surface area (Å²) in [4.78, 5) is 30.2. The van der Waals surface area contributed by atoms with Crippen molar-refractivity contribution in [2.24, 2.45) is 0 Å². The lowest BCUT2D eigenvalue weighted by Crippen LogP contribution is -2.37. The number of aryl methyl sites for hydroxylation is 1. The van der Waals surface area contributed by atoms with Gasteiger partial charge in [0.05, 0.1) is 12.6 Å². The number of benzene rings is 2. The second-order valence-corrected chi connectivity index (χ2v) is 8.40. The zero-order chi connectivity index (χ0) is 22.1. The second-order valence-electron chi connectivity index (χ2n) is 8.40. The quantitative estimate of drug-likeness (QED) is 0.492. The van der Waals surface area contributed by atoms with E-state index in [2.05, 4.69) is 17.2 Å². The van der Waals surface area contributed by atoms with Crippen LogP contribution in [-0.2, 0) is 11.3 Å². The Labute approximate surface area is 185 Å². The van der Waals surface area contributed by atoms with Gasteiger partial charge in [0.1, 0.15) is 5.75 Å². The lowest BCUT2D eigenvalue weighted by molar-refractivity contribution is -0.132. The topological polar surface area (TPSA) is 80.5 Å². The number of carbonyl (C=O) groups is 1. The zero-order valence-electron chi connectivity index (χ0n) is 18.2. The molecule has 3 heterocycles. The third-order valence-electron chi connectivity index (χ3n) is 6.55. The number of aromatic amines is 1. The van der Waals surface area contributed by atoms with E-state index in [1.54, 1.807) is 17.7 Å². The minimum Gasteiger partial charge on any atom is -0.497 e. The van der Waals surface area contributed by atoms with Crippen molar-refractivity contribution < 1.29 is 13.9 Å². The number of rotatable bonds is 6. The van der Waals surface area contributed by atoms with Gasteiger partial charge in [0.15, 0.2) is 5.58 Å². The van der Waals surface area contributed by atoms with Crippen LogP contribution in [-0.4, -0.2) is 40.6 Å². The molecule has 0 bridgehead atoms. The molecule has 0 radical (unpaired) electrons. The SMILES string of the molecule is COc1ccc2[nH]cc(C3CCN(C(=O)CCCn4c(=O)oc5ccccc54)CC3)c2c1. The highest BCUT2D eigenvalue weighted by atomic mass is 16.5.